The largest absolute Gasteiger partial charge is 0.459 e. The van der Waals surface area contributed by atoms with Gasteiger partial charge in [0.05, 0.1) is 17.4 Å². The van der Waals surface area contributed by atoms with E-state index < -0.39 is 0 Å². The maximum absolute atomic E-state index is 12.6. The zero-order valence-electron chi connectivity index (χ0n) is 14.8. The second kappa shape index (κ2) is 8.64. The second-order valence-electron chi connectivity index (χ2n) is 6.24. The number of nitrogens with zero attached hydrogens (tertiary/aromatic N) is 2. The highest BCUT2D eigenvalue weighted by Gasteiger charge is 2.27. The molecule has 0 atom stereocenters. The highest BCUT2D eigenvalue weighted by Crippen LogP contribution is 2.38. The summed E-state index contributed by atoms with van der Waals surface area (Å²) in [5, 5.41) is 4.04. The number of nitrogens with one attached hydrogen (secondary N) is 1. The Hall–Kier alpha value is -1.93. The van der Waals surface area contributed by atoms with Crippen LogP contribution in [0.1, 0.15) is 47.5 Å². The number of esters is 1. The smallest absolute Gasteiger partial charge is 0.341 e. The van der Waals surface area contributed by atoms with Gasteiger partial charge >= 0.3 is 5.97 Å². The molecule has 2 aromatic rings. The number of carbonyl (C=O) groups is 2. The molecule has 6 nitrogen and oxygen atoms in total. The van der Waals surface area contributed by atoms with Gasteiger partial charge < -0.3 is 10.1 Å². The number of hydrogen-bond donors (Lipinski definition) is 1. The number of aryl methyl sites for hydroxylation is 1. The molecule has 0 aromatic carbocycles. The minimum absolute atomic E-state index is 0.181. The number of rotatable bonds is 6. The first-order chi connectivity index (χ1) is 12.5. The van der Waals surface area contributed by atoms with Gasteiger partial charge in [-0.2, -0.15) is 0 Å². The van der Waals surface area contributed by atoms with Crippen molar-refractivity contribution >= 4 is 40.0 Å². The lowest BCUT2D eigenvalue weighted by Crippen LogP contribution is -2.18. The third kappa shape index (κ3) is 4.62. The summed E-state index contributed by atoms with van der Waals surface area (Å²) < 4.78 is 5.40. The third-order valence-electron chi connectivity index (χ3n) is 3.85. The SMILES string of the molecule is CC(C)OC(=O)c1c(NC(=O)CSc2ncccn2)sc2c1CCCC2. The van der Waals surface area contributed by atoms with Crippen molar-refractivity contribution in [3.05, 3.63) is 34.5 Å². The lowest BCUT2D eigenvalue weighted by molar-refractivity contribution is -0.113. The molecule has 26 heavy (non-hydrogen) atoms. The predicted octanol–water partition coefficient (Wildman–Crippen LogP) is 3.71. The number of ether oxygens (including phenoxy) is 1. The minimum atomic E-state index is -0.353. The molecule has 0 spiro atoms. The van der Waals surface area contributed by atoms with E-state index in [1.165, 1.54) is 28.0 Å². The molecule has 0 aliphatic heterocycles. The monoisotopic (exact) mass is 391 g/mol. The normalized spacial score (nSPS) is 13.3. The zero-order valence-corrected chi connectivity index (χ0v) is 16.4. The fraction of sp³-hybridized carbons (Fsp3) is 0.444. The van der Waals surface area contributed by atoms with Crippen molar-refractivity contribution in [1.82, 2.24) is 9.97 Å². The van der Waals surface area contributed by atoms with Gasteiger partial charge in [0.1, 0.15) is 5.00 Å². The molecule has 0 bridgehead atoms. The van der Waals surface area contributed by atoms with Gasteiger partial charge in [0.2, 0.25) is 5.91 Å². The van der Waals surface area contributed by atoms with Crippen LogP contribution in [-0.4, -0.2) is 33.7 Å². The Labute approximate surface area is 160 Å². The van der Waals surface area contributed by atoms with Gasteiger partial charge in [0, 0.05) is 17.3 Å². The number of hydrogen-bond acceptors (Lipinski definition) is 7. The summed E-state index contributed by atoms with van der Waals surface area (Å²) in [6.07, 6.45) is 7.06. The molecule has 0 saturated heterocycles. The van der Waals surface area contributed by atoms with Crippen LogP contribution in [0.15, 0.2) is 23.6 Å². The molecule has 3 rings (SSSR count). The average molecular weight is 392 g/mol. The van der Waals surface area contributed by atoms with Crippen molar-refractivity contribution < 1.29 is 14.3 Å². The Balaban J connectivity index is 1.74. The van der Waals surface area contributed by atoms with Crippen LogP contribution >= 0.6 is 23.1 Å². The fourth-order valence-electron chi connectivity index (χ4n) is 2.80. The molecule has 8 heteroatoms. The Morgan fingerprint density at radius 3 is 2.73 bits per heavy atom. The van der Waals surface area contributed by atoms with Crippen molar-refractivity contribution in [1.29, 1.82) is 0 Å². The molecule has 2 heterocycles. The second-order valence-corrected chi connectivity index (χ2v) is 8.28. The van der Waals surface area contributed by atoms with Gasteiger partial charge in [-0.15, -0.1) is 11.3 Å². The summed E-state index contributed by atoms with van der Waals surface area (Å²) in [5.74, 6) is -0.348. The van der Waals surface area contributed by atoms with Crippen LogP contribution in [0.5, 0.6) is 0 Å². The molecular formula is C18H21N3O3S2. The third-order valence-corrected chi connectivity index (χ3v) is 5.93. The van der Waals surface area contributed by atoms with E-state index >= 15 is 0 Å². The van der Waals surface area contributed by atoms with E-state index in [-0.39, 0.29) is 23.7 Å². The Bertz CT molecular complexity index is 790. The van der Waals surface area contributed by atoms with Gasteiger partial charge in [-0.1, -0.05) is 11.8 Å². The first-order valence-corrected chi connectivity index (χ1v) is 10.4. The Morgan fingerprint density at radius 1 is 1.27 bits per heavy atom. The van der Waals surface area contributed by atoms with E-state index in [1.807, 2.05) is 13.8 Å². The lowest BCUT2D eigenvalue weighted by Gasteiger charge is -2.14. The maximum atomic E-state index is 12.6. The Morgan fingerprint density at radius 2 is 2.00 bits per heavy atom. The van der Waals surface area contributed by atoms with Gasteiger partial charge in [0.25, 0.3) is 0 Å². The number of carbonyl (C=O) groups excluding carboxylic acids is 2. The van der Waals surface area contributed by atoms with Crippen LogP contribution in [0, 0.1) is 0 Å². The average Bonchev–Trinajstić information content (AvgIpc) is 2.98. The molecule has 1 aliphatic carbocycles. The fourth-order valence-corrected chi connectivity index (χ4v) is 4.69. The molecule has 1 aliphatic rings. The van der Waals surface area contributed by atoms with Gasteiger partial charge in [-0.05, 0) is 51.2 Å². The van der Waals surface area contributed by atoms with Crippen LogP contribution in [-0.2, 0) is 22.4 Å². The van der Waals surface area contributed by atoms with E-state index in [1.54, 1.807) is 18.5 Å². The summed E-state index contributed by atoms with van der Waals surface area (Å²) >= 11 is 2.76. The summed E-state index contributed by atoms with van der Waals surface area (Å²) in [7, 11) is 0. The number of thioether (sulfide) groups is 1. The standard InChI is InChI=1S/C18H21N3O3S2/c1-11(2)24-17(23)15-12-6-3-4-7-13(12)26-16(15)21-14(22)10-25-18-19-8-5-9-20-18/h5,8-9,11H,3-4,6-7,10H2,1-2H3,(H,21,22). The van der Waals surface area contributed by atoms with Crippen LogP contribution in [0.25, 0.3) is 0 Å². The van der Waals surface area contributed by atoms with Gasteiger partial charge in [0.15, 0.2) is 5.16 Å². The maximum Gasteiger partial charge on any atom is 0.341 e. The number of anilines is 1. The van der Waals surface area contributed by atoms with Crippen LogP contribution in [0.3, 0.4) is 0 Å². The van der Waals surface area contributed by atoms with E-state index in [9.17, 15) is 9.59 Å². The van der Waals surface area contributed by atoms with E-state index in [0.717, 1.165) is 31.2 Å². The molecule has 2 aromatic heterocycles. The van der Waals surface area contributed by atoms with Crippen LogP contribution in [0.4, 0.5) is 5.00 Å². The van der Waals surface area contributed by atoms with Crippen molar-refractivity contribution in [3.8, 4) is 0 Å². The summed E-state index contributed by atoms with van der Waals surface area (Å²) in [6.45, 7) is 3.65. The molecule has 0 unspecified atom stereocenters. The van der Waals surface area contributed by atoms with Crippen molar-refractivity contribution in [3.63, 3.8) is 0 Å². The van der Waals surface area contributed by atoms with E-state index in [0.29, 0.717) is 15.7 Å². The number of amides is 1. The van der Waals surface area contributed by atoms with Crippen LogP contribution < -0.4 is 5.32 Å². The van der Waals surface area contributed by atoms with Crippen molar-refractivity contribution in [2.45, 2.75) is 50.8 Å². The highest BCUT2D eigenvalue weighted by molar-refractivity contribution is 7.99. The van der Waals surface area contributed by atoms with Crippen molar-refractivity contribution in [2.75, 3.05) is 11.1 Å². The number of thiophene rings is 1. The zero-order chi connectivity index (χ0) is 18.5. The molecule has 0 fully saturated rings. The van der Waals surface area contributed by atoms with Gasteiger partial charge in [-0.3, -0.25) is 4.79 Å². The molecule has 0 saturated carbocycles. The molecular weight excluding hydrogens is 370 g/mol. The van der Waals surface area contributed by atoms with E-state index in [4.69, 9.17) is 4.74 Å². The quantitative estimate of drug-likeness (QED) is 0.459. The van der Waals surface area contributed by atoms with E-state index in [2.05, 4.69) is 15.3 Å². The number of aromatic nitrogens is 2. The molecule has 0 radical (unpaired) electrons. The molecule has 138 valence electrons. The minimum Gasteiger partial charge on any atom is -0.459 e. The first-order valence-electron chi connectivity index (χ1n) is 8.59. The summed E-state index contributed by atoms with van der Waals surface area (Å²) in [6, 6.07) is 1.73. The summed E-state index contributed by atoms with van der Waals surface area (Å²) in [5.41, 5.74) is 1.58. The van der Waals surface area contributed by atoms with Crippen molar-refractivity contribution in [2.24, 2.45) is 0 Å². The lowest BCUT2D eigenvalue weighted by atomic mass is 9.95. The number of fused-ring (bicyclic) bond motifs is 1. The Kier molecular flexibility index (Phi) is 6.26. The predicted molar refractivity (Wildman–Crippen MR) is 103 cm³/mol. The first kappa shape index (κ1) is 18.8. The molecule has 1 N–H and O–H groups in total. The highest BCUT2D eigenvalue weighted by atomic mass is 32.2. The van der Waals surface area contributed by atoms with Crippen LogP contribution in [0.2, 0.25) is 0 Å². The van der Waals surface area contributed by atoms with Gasteiger partial charge in [-0.25, -0.2) is 14.8 Å². The molecule has 1 amide bonds. The summed E-state index contributed by atoms with van der Waals surface area (Å²) in [4.78, 5) is 34.3. The topological polar surface area (TPSA) is 81.2 Å².